The molecule has 1 heterocycles. The number of carbonyl (C=O) groups excluding carboxylic acids is 1. The zero-order valence-corrected chi connectivity index (χ0v) is 9.93. The fourth-order valence-electron chi connectivity index (χ4n) is 2.24. The molecule has 2 N–H and O–H groups in total. The maximum atomic E-state index is 11.0. The highest BCUT2D eigenvalue weighted by atomic mass is 16.1. The van der Waals surface area contributed by atoms with Crippen molar-refractivity contribution < 1.29 is 4.79 Å². The molecule has 1 saturated carbocycles. The van der Waals surface area contributed by atoms with Crippen molar-refractivity contribution in [1.82, 2.24) is 4.98 Å². The van der Waals surface area contributed by atoms with Gasteiger partial charge in [-0.2, -0.15) is 0 Å². The van der Waals surface area contributed by atoms with Gasteiger partial charge in [0.15, 0.2) is 0 Å². The first-order valence-electron chi connectivity index (χ1n) is 6.21. The number of rotatable bonds is 3. The first kappa shape index (κ1) is 11.8. The van der Waals surface area contributed by atoms with E-state index in [2.05, 4.69) is 11.1 Å². The zero-order chi connectivity index (χ0) is 12.1. The van der Waals surface area contributed by atoms with Gasteiger partial charge in [0.05, 0.1) is 5.69 Å². The lowest BCUT2D eigenvalue weighted by Gasteiger charge is -2.17. The van der Waals surface area contributed by atoms with Gasteiger partial charge >= 0.3 is 0 Å². The molecule has 1 amide bonds. The third kappa shape index (κ3) is 3.41. The average Bonchev–Trinajstić information content (AvgIpc) is 2.38. The summed E-state index contributed by atoms with van der Waals surface area (Å²) in [5, 5.41) is 0. The van der Waals surface area contributed by atoms with Crippen molar-refractivity contribution in [1.29, 1.82) is 0 Å². The normalized spacial score (nSPS) is 17.4. The van der Waals surface area contributed by atoms with E-state index >= 15 is 0 Å². The maximum absolute atomic E-state index is 11.0. The van der Waals surface area contributed by atoms with Crippen LogP contribution in [-0.4, -0.2) is 10.9 Å². The van der Waals surface area contributed by atoms with E-state index in [4.69, 9.17) is 5.73 Å². The molecule has 90 valence electrons. The number of carbonyl (C=O) groups is 1. The number of primary amides is 1. The van der Waals surface area contributed by atoms with Gasteiger partial charge in [0.25, 0.3) is 5.91 Å². The van der Waals surface area contributed by atoms with Crippen molar-refractivity contribution >= 4 is 12.0 Å². The third-order valence-electron chi connectivity index (χ3n) is 3.21. The van der Waals surface area contributed by atoms with Crippen LogP contribution >= 0.6 is 0 Å². The van der Waals surface area contributed by atoms with Crippen LogP contribution in [0.15, 0.2) is 24.3 Å². The minimum Gasteiger partial charge on any atom is -0.364 e. The maximum Gasteiger partial charge on any atom is 0.267 e. The Balaban J connectivity index is 2.04. The van der Waals surface area contributed by atoms with Gasteiger partial charge in [-0.05, 0) is 37.0 Å². The topological polar surface area (TPSA) is 56.0 Å². The van der Waals surface area contributed by atoms with Crippen LogP contribution < -0.4 is 5.73 Å². The van der Waals surface area contributed by atoms with Crippen LogP contribution in [0.5, 0.6) is 0 Å². The van der Waals surface area contributed by atoms with Crippen molar-refractivity contribution in [3.05, 3.63) is 35.7 Å². The number of nitrogens with zero attached hydrogens (tertiary/aromatic N) is 1. The molecule has 0 bridgehead atoms. The van der Waals surface area contributed by atoms with Crippen LogP contribution in [0.1, 0.15) is 48.3 Å². The molecule has 17 heavy (non-hydrogen) atoms. The number of hydrogen-bond acceptors (Lipinski definition) is 2. The molecule has 0 atom stereocenters. The number of pyridine rings is 1. The van der Waals surface area contributed by atoms with E-state index in [9.17, 15) is 4.79 Å². The molecule has 1 aliphatic carbocycles. The largest absolute Gasteiger partial charge is 0.364 e. The highest BCUT2D eigenvalue weighted by Crippen LogP contribution is 2.25. The van der Waals surface area contributed by atoms with Crippen LogP contribution in [0, 0.1) is 5.92 Å². The summed E-state index contributed by atoms with van der Waals surface area (Å²) in [6, 6.07) is 5.35. The molecule has 0 saturated heterocycles. The van der Waals surface area contributed by atoms with Crippen LogP contribution in [0.2, 0.25) is 0 Å². The lowest BCUT2D eigenvalue weighted by molar-refractivity contribution is 0.0995. The number of aromatic nitrogens is 1. The number of hydrogen-bond donors (Lipinski definition) is 1. The Morgan fingerprint density at radius 1 is 1.29 bits per heavy atom. The van der Waals surface area contributed by atoms with Gasteiger partial charge in [-0.1, -0.05) is 31.4 Å². The molecule has 0 spiro atoms. The first-order valence-corrected chi connectivity index (χ1v) is 6.21. The van der Waals surface area contributed by atoms with E-state index in [-0.39, 0.29) is 0 Å². The summed E-state index contributed by atoms with van der Waals surface area (Å²) in [6.45, 7) is 0. The molecular formula is C14H18N2O. The van der Waals surface area contributed by atoms with Crippen molar-refractivity contribution in [3.8, 4) is 0 Å². The first-order chi connectivity index (χ1) is 8.25. The minimum atomic E-state index is -0.474. The molecule has 1 fully saturated rings. The van der Waals surface area contributed by atoms with Gasteiger partial charge in [0.1, 0.15) is 5.69 Å². The minimum absolute atomic E-state index is 0.329. The van der Waals surface area contributed by atoms with E-state index in [0.29, 0.717) is 11.6 Å². The van der Waals surface area contributed by atoms with E-state index in [0.717, 1.165) is 5.69 Å². The van der Waals surface area contributed by atoms with Crippen molar-refractivity contribution in [3.63, 3.8) is 0 Å². The SMILES string of the molecule is NC(=O)c1cccc(C=CC2CCCCC2)n1. The highest BCUT2D eigenvalue weighted by Gasteiger charge is 2.09. The molecule has 3 heteroatoms. The molecule has 0 radical (unpaired) electrons. The Labute approximate surface area is 102 Å². The Bertz CT molecular complexity index is 420. The molecule has 3 nitrogen and oxygen atoms in total. The number of nitrogens with two attached hydrogens (primary N) is 1. The Morgan fingerprint density at radius 2 is 2.06 bits per heavy atom. The zero-order valence-electron chi connectivity index (χ0n) is 9.93. The van der Waals surface area contributed by atoms with Gasteiger partial charge in [0, 0.05) is 0 Å². The smallest absolute Gasteiger partial charge is 0.267 e. The summed E-state index contributed by atoms with van der Waals surface area (Å²) in [7, 11) is 0. The summed E-state index contributed by atoms with van der Waals surface area (Å²) < 4.78 is 0. The van der Waals surface area contributed by atoms with E-state index in [1.54, 1.807) is 6.07 Å². The fraction of sp³-hybridized carbons (Fsp3) is 0.429. The van der Waals surface area contributed by atoms with Crippen molar-refractivity contribution in [2.75, 3.05) is 0 Å². The fourth-order valence-corrected chi connectivity index (χ4v) is 2.24. The monoisotopic (exact) mass is 230 g/mol. The predicted molar refractivity (Wildman–Crippen MR) is 68.4 cm³/mol. The quantitative estimate of drug-likeness (QED) is 0.868. The lowest BCUT2D eigenvalue weighted by atomic mass is 9.89. The van der Waals surface area contributed by atoms with Gasteiger partial charge in [-0.15, -0.1) is 0 Å². The standard InChI is InChI=1S/C14H18N2O/c15-14(17)13-8-4-7-12(16-13)10-9-11-5-2-1-3-6-11/h4,7-11H,1-3,5-6H2,(H2,15,17). The third-order valence-corrected chi connectivity index (χ3v) is 3.21. The van der Waals surface area contributed by atoms with Gasteiger partial charge in [-0.3, -0.25) is 4.79 Å². The van der Waals surface area contributed by atoms with E-state index in [1.807, 2.05) is 18.2 Å². The van der Waals surface area contributed by atoms with Crippen molar-refractivity contribution in [2.24, 2.45) is 11.7 Å². The van der Waals surface area contributed by atoms with E-state index in [1.165, 1.54) is 32.1 Å². The average molecular weight is 230 g/mol. The van der Waals surface area contributed by atoms with Crippen molar-refractivity contribution in [2.45, 2.75) is 32.1 Å². The van der Waals surface area contributed by atoms with Crippen LogP contribution in [0.4, 0.5) is 0 Å². The summed E-state index contributed by atoms with van der Waals surface area (Å²) in [4.78, 5) is 15.2. The van der Waals surface area contributed by atoms with E-state index < -0.39 is 5.91 Å². The molecule has 1 aliphatic rings. The van der Waals surface area contributed by atoms with Crippen LogP contribution in [0.3, 0.4) is 0 Å². The number of allylic oxidation sites excluding steroid dienone is 1. The summed E-state index contributed by atoms with van der Waals surface area (Å²) in [5.41, 5.74) is 6.34. The predicted octanol–water partition coefficient (Wildman–Crippen LogP) is 2.77. The summed E-state index contributed by atoms with van der Waals surface area (Å²) in [6.07, 6.45) is 10.8. The summed E-state index contributed by atoms with van der Waals surface area (Å²) >= 11 is 0. The molecule has 1 aromatic rings. The Hall–Kier alpha value is -1.64. The molecule has 1 aromatic heterocycles. The second kappa shape index (κ2) is 5.62. The van der Waals surface area contributed by atoms with Gasteiger partial charge in [0.2, 0.25) is 0 Å². The molecule has 0 aromatic carbocycles. The molecule has 2 rings (SSSR count). The van der Waals surface area contributed by atoms with Gasteiger partial charge in [-0.25, -0.2) is 4.98 Å². The lowest BCUT2D eigenvalue weighted by Crippen LogP contribution is -2.13. The second-order valence-electron chi connectivity index (χ2n) is 4.57. The number of amides is 1. The Kier molecular flexibility index (Phi) is 3.91. The van der Waals surface area contributed by atoms with Crippen LogP contribution in [0.25, 0.3) is 6.08 Å². The molecule has 0 aliphatic heterocycles. The van der Waals surface area contributed by atoms with Gasteiger partial charge < -0.3 is 5.73 Å². The van der Waals surface area contributed by atoms with Crippen LogP contribution in [-0.2, 0) is 0 Å². The highest BCUT2D eigenvalue weighted by molar-refractivity contribution is 5.90. The Morgan fingerprint density at radius 3 is 2.76 bits per heavy atom. The molecular weight excluding hydrogens is 212 g/mol. The second-order valence-corrected chi connectivity index (χ2v) is 4.57. The summed E-state index contributed by atoms with van der Waals surface area (Å²) in [5.74, 6) is 0.195. The molecule has 0 unspecified atom stereocenters.